The SMILES string of the molecule is CCc1ccc(-c2cc(Cl)ccc2CNC)cc1. The molecule has 18 heavy (non-hydrogen) atoms. The largest absolute Gasteiger partial charge is 0.316 e. The van der Waals surface area contributed by atoms with Gasteiger partial charge in [0.2, 0.25) is 0 Å². The van der Waals surface area contributed by atoms with E-state index in [2.05, 4.69) is 42.6 Å². The van der Waals surface area contributed by atoms with E-state index in [1.165, 1.54) is 22.3 Å². The lowest BCUT2D eigenvalue weighted by atomic mass is 9.98. The highest BCUT2D eigenvalue weighted by atomic mass is 35.5. The highest BCUT2D eigenvalue weighted by molar-refractivity contribution is 6.30. The van der Waals surface area contributed by atoms with Crippen molar-refractivity contribution in [3.63, 3.8) is 0 Å². The van der Waals surface area contributed by atoms with Crippen LogP contribution in [0.25, 0.3) is 11.1 Å². The zero-order chi connectivity index (χ0) is 13.0. The summed E-state index contributed by atoms with van der Waals surface area (Å²) in [5.41, 5.74) is 5.06. The van der Waals surface area contributed by atoms with Gasteiger partial charge in [-0.25, -0.2) is 0 Å². The molecule has 94 valence electrons. The quantitative estimate of drug-likeness (QED) is 0.864. The van der Waals surface area contributed by atoms with E-state index >= 15 is 0 Å². The molecule has 0 amide bonds. The van der Waals surface area contributed by atoms with Gasteiger partial charge in [0.25, 0.3) is 0 Å². The molecule has 1 N–H and O–H groups in total. The van der Waals surface area contributed by atoms with Crippen molar-refractivity contribution >= 4 is 11.6 Å². The maximum Gasteiger partial charge on any atom is 0.0412 e. The molecule has 0 unspecified atom stereocenters. The Bertz CT molecular complexity index is 517. The summed E-state index contributed by atoms with van der Waals surface area (Å²) in [6.07, 6.45) is 1.07. The molecule has 2 aromatic carbocycles. The minimum Gasteiger partial charge on any atom is -0.316 e. The molecule has 0 fully saturated rings. The molecule has 0 spiro atoms. The third kappa shape index (κ3) is 2.92. The van der Waals surface area contributed by atoms with Crippen molar-refractivity contribution in [3.8, 4) is 11.1 Å². The van der Waals surface area contributed by atoms with Crippen LogP contribution in [-0.2, 0) is 13.0 Å². The van der Waals surface area contributed by atoms with Gasteiger partial charge in [-0.3, -0.25) is 0 Å². The molecule has 0 aromatic heterocycles. The first kappa shape index (κ1) is 13.1. The predicted octanol–water partition coefficient (Wildman–Crippen LogP) is 4.29. The Labute approximate surface area is 114 Å². The topological polar surface area (TPSA) is 12.0 Å². The normalized spacial score (nSPS) is 10.6. The lowest BCUT2D eigenvalue weighted by Gasteiger charge is -2.10. The molecule has 2 aromatic rings. The third-order valence-corrected chi connectivity index (χ3v) is 3.35. The van der Waals surface area contributed by atoms with E-state index in [1.54, 1.807) is 0 Å². The lowest BCUT2D eigenvalue weighted by Crippen LogP contribution is -2.06. The van der Waals surface area contributed by atoms with Gasteiger partial charge in [-0.15, -0.1) is 0 Å². The number of halogens is 1. The summed E-state index contributed by atoms with van der Waals surface area (Å²) in [5.74, 6) is 0. The van der Waals surface area contributed by atoms with Crippen LogP contribution in [0.3, 0.4) is 0 Å². The summed E-state index contributed by atoms with van der Waals surface area (Å²) in [6, 6.07) is 14.8. The fraction of sp³-hybridized carbons (Fsp3) is 0.250. The predicted molar refractivity (Wildman–Crippen MR) is 79.0 cm³/mol. The van der Waals surface area contributed by atoms with Crippen molar-refractivity contribution < 1.29 is 0 Å². The van der Waals surface area contributed by atoms with Gasteiger partial charge in [-0.2, -0.15) is 0 Å². The highest BCUT2D eigenvalue weighted by Gasteiger charge is 2.05. The average molecular weight is 260 g/mol. The Balaban J connectivity index is 2.43. The molecule has 0 radical (unpaired) electrons. The Kier molecular flexibility index (Phi) is 4.40. The Hall–Kier alpha value is -1.31. The van der Waals surface area contributed by atoms with Crippen molar-refractivity contribution in [2.75, 3.05) is 7.05 Å². The van der Waals surface area contributed by atoms with Crippen molar-refractivity contribution in [3.05, 3.63) is 58.6 Å². The van der Waals surface area contributed by atoms with Crippen LogP contribution in [0.1, 0.15) is 18.1 Å². The van der Waals surface area contributed by atoms with E-state index in [9.17, 15) is 0 Å². The van der Waals surface area contributed by atoms with Gasteiger partial charge in [0.15, 0.2) is 0 Å². The second-order valence-corrected chi connectivity index (χ2v) is 4.82. The van der Waals surface area contributed by atoms with Crippen LogP contribution >= 0.6 is 11.6 Å². The Morgan fingerprint density at radius 3 is 2.39 bits per heavy atom. The highest BCUT2D eigenvalue weighted by Crippen LogP contribution is 2.27. The van der Waals surface area contributed by atoms with Crippen LogP contribution < -0.4 is 5.32 Å². The minimum atomic E-state index is 0.782. The van der Waals surface area contributed by atoms with E-state index in [0.717, 1.165) is 18.0 Å². The summed E-state index contributed by atoms with van der Waals surface area (Å²) >= 11 is 6.11. The van der Waals surface area contributed by atoms with Crippen LogP contribution in [0.4, 0.5) is 0 Å². The van der Waals surface area contributed by atoms with E-state index in [0.29, 0.717) is 0 Å². The molecule has 0 saturated carbocycles. The molecule has 0 aliphatic carbocycles. The third-order valence-electron chi connectivity index (χ3n) is 3.11. The van der Waals surface area contributed by atoms with Gasteiger partial charge < -0.3 is 5.32 Å². The molecule has 1 nitrogen and oxygen atoms in total. The summed E-state index contributed by atoms with van der Waals surface area (Å²) in [7, 11) is 1.96. The average Bonchev–Trinajstić information content (AvgIpc) is 2.41. The molecule has 0 aliphatic rings. The summed E-state index contributed by atoms with van der Waals surface area (Å²) < 4.78 is 0. The maximum absolute atomic E-state index is 6.11. The molecule has 0 atom stereocenters. The molecule has 0 heterocycles. The number of aryl methyl sites for hydroxylation is 1. The van der Waals surface area contributed by atoms with E-state index in [4.69, 9.17) is 11.6 Å². The van der Waals surface area contributed by atoms with Gasteiger partial charge in [0.05, 0.1) is 0 Å². The second kappa shape index (κ2) is 6.03. The van der Waals surface area contributed by atoms with E-state index < -0.39 is 0 Å². The van der Waals surface area contributed by atoms with Crippen LogP contribution in [0.2, 0.25) is 5.02 Å². The Morgan fingerprint density at radius 1 is 1.06 bits per heavy atom. The lowest BCUT2D eigenvalue weighted by molar-refractivity contribution is 0.819. The fourth-order valence-electron chi connectivity index (χ4n) is 2.08. The first-order valence-corrected chi connectivity index (χ1v) is 6.64. The molecule has 0 saturated heterocycles. The summed E-state index contributed by atoms with van der Waals surface area (Å²) in [5, 5.41) is 3.97. The molecular formula is C16H18ClN. The number of hydrogen-bond donors (Lipinski definition) is 1. The standard InChI is InChI=1S/C16H18ClN/c1-3-12-4-6-13(7-5-12)16-10-15(17)9-8-14(16)11-18-2/h4-10,18H,3,11H2,1-2H3. The van der Waals surface area contributed by atoms with Gasteiger partial charge in [0, 0.05) is 11.6 Å². The Morgan fingerprint density at radius 2 is 1.78 bits per heavy atom. The van der Waals surface area contributed by atoms with Crippen LogP contribution in [0.15, 0.2) is 42.5 Å². The van der Waals surface area contributed by atoms with Crippen molar-refractivity contribution in [2.45, 2.75) is 19.9 Å². The maximum atomic E-state index is 6.11. The van der Waals surface area contributed by atoms with Crippen LogP contribution in [0, 0.1) is 0 Å². The van der Waals surface area contributed by atoms with Crippen molar-refractivity contribution in [1.82, 2.24) is 5.32 Å². The van der Waals surface area contributed by atoms with E-state index in [1.807, 2.05) is 19.2 Å². The number of nitrogens with one attached hydrogen (secondary N) is 1. The first-order chi connectivity index (χ1) is 8.74. The summed E-state index contributed by atoms with van der Waals surface area (Å²) in [6.45, 7) is 3.02. The van der Waals surface area contributed by atoms with Gasteiger partial charge in [-0.1, -0.05) is 48.9 Å². The number of hydrogen-bond acceptors (Lipinski definition) is 1. The summed E-state index contributed by atoms with van der Waals surface area (Å²) in [4.78, 5) is 0. The molecular weight excluding hydrogens is 242 g/mol. The number of rotatable bonds is 4. The molecule has 2 heteroatoms. The van der Waals surface area contributed by atoms with Crippen molar-refractivity contribution in [2.24, 2.45) is 0 Å². The zero-order valence-corrected chi connectivity index (χ0v) is 11.6. The fourth-order valence-corrected chi connectivity index (χ4v) is 2.25. The van der Waals surface area contributed by atoms with Crippen molar-refractivity contribution in [1.29, 1.82) is 0 Å². The number of benzene rings is 2. The minimum absolute atomic E-state index is 0.782. The zero-order valence-electron chi connectivity index (χ0n) is 10.8. The monoisotopic (exact) mass is 259 g/mol. The van der Waals surface area contributed by atoms with Crippen LogP contribution in [-0.4, -0.2) is 7.05 Å². The van der Waals surface area contributed by atoms with Gasteiger partial charge >= 0.3 is 0 Å². The molecule has 2 rings (SSSR count). The molecule has 0 aliphatic heterocycles. The van der Waals surface area contributed by atoms with Crippen LogP contribution in [0.5, 0.6) is 0 Å². The van der Waals surface area contributed by atoms with Gasteiger partial charge in [-0.05, 0) is 47.9 Å². The van der Waals surface area contributed by atoms with Gasteiger partial charge in [0.1, 0.15) is 0 Å². The van der Waals surface area contributed by atoms with E-state index in [-0.39, 0.29) is 0 Å². The first-order valence-electron chi connectivity index (χ1n) is 6.27. The second-order valence-electron chi connectivity index (χ2n) is 4.38. The smallest absolute Gasteiger partial charge is 0.0412 e. The molecule has 0 bridgehead atoms.